The predicted molar refractivity (Wildman–Crippen MR) is 123 cm³/mol. The highest BCUT2D eigenvalue weighted by Gasteiger charge is 2.37. The summed E-state index contributed by atoms with van der Waals surface area (Å²) in [6.07, 6.45) is 3.51. The van der Waals surface area contributed by atoms with Crippen LogP contribution < -0.4 is 4.74 Å². The maximum Gasteiger partial charge on any atom is 0.242 e. The van der Waals surface area contributed by atoms with E-state index in [1.165, 1.54) is 10.9 Å². The number of carbonyl (C=O) groups excluding carboxylic acids is 2. The van der Waals surface area contributed by atoms with Crippen LogP contribution in [0.15, 0.2) is 35.7 Å². The average Bonchev–Trinajstić information content (AvgIpc) is 3.51. The number of hydrogen-bond donors (Lipinski definition) is 0. The number of nitrogens with zero attached hydrogens (tertiary/aromatic N) is 2. The van der Waals surface area contributed by atoms with Gasteiger partial charge in [0.05, 0.1) is 12.6 Å². The lowest BCUT2D eigenvalue weighted by molar-refractivity contribution is -0.143. The first-order valence-electron chi connectivity index (χ1n) is 11.5. The van der Waals surface area contributed by atoms with Gasteiger partial charge in [-0.05, 0) is 60.7 Å². The smallest absolute Gasteiger partial charge is 0.242 e. The van der Waals surface area contributed by atoms with Crippen molar-refractivity contribution in [2.45, 2.75) is 45.6 Å². The second kappa shape index (κ2) is 10.0. The molecule has 1 aromatic heterocycles. The number of thiophene rings is 1. The molecule has 7 heteroatoms. The molecule has 0 saturated heterocycles. The van der Waals surface area contributed by atoms with Crippen molar-refractivity contribution in [3.63, 3.8) is 0 Å². The normalized spacial score (nSPS) is 17.9. The van der Waals surface area contributed by atoms with Gasteiger partial charge in [0, 0.05) is 23.9 Å². The quantitative estimate of drug-likeness (QED) is 0.548. The molecule has 0 N–H and O–H groups in total. The fraction of sp³-hybridized carbons (Fsp3) is 0.520. The first kappa shape index (κ1) is 22.8. The van der Waals surface area contributed by atoms with E-state index in [0.717, 1.165) is 31.2 Å². The second-order valence-corrected chi connectivity index (χ2v) is 10.1. The fourth-order valence-corrected chi connectivity index (χ4v) is 5.06. The molecule has 32 heavy (non-hydrogen) atoms. The van der Waals surface area contributed by atoms with Crippen LogP contribution in [0, 0.1) is 17.7 Å². The summed E-state index contributed by atoms with van der Waals surface area (Å²) in [4.78, 5) is 31.0. The third-order valence-electron chi connectivity index (χ3n) is 6.19. The SMILES string of the molecule is CC(C)CCN(CC(=O)N1CCc2sccc2C1COc1ccccc1F)C(=O)C1CC1. The van der Waals surface area contributed by atoms with Crippen molar-refractivity contribution in [1.82, 2.24) is 9.80 Å². The van der Waals surface area contributed by atoms with Crippen LogP contribution in [0.4, 0.5) is 4.39 Å². The average molecular weight is 459 g/mol. The van der Waals surface area contributed by atoms with E-state index in [1.54, 1.807) is 34.4 Å². The lowest BCUT2D eigenvalue weighted by Gasteiger charge is -2.37. The molecule has 1 aliphatic heterocycles. The van der Waals surface area contributed by atoms with Crippen LogP contribution in [-0.4, -0.2) is 47.9 Å². The zero-order valence-electron chi connectivity index (χ0n) is 18.8. The Morgan fingerprint density at radius 1 is 1.25 bits per heavy atom. The summed E-state index contributed by atoms with van der Waals surface area (Å²) in [6, 6.07) is 8.05. The molecule has 5 nitrogen and oxygen atoms in total. The molecule has 2 aromatic rings. The Morgan fingerprint density at radius 2 is 2.03 bits per heavy atom. The number of benzene rings is 1. The Kier molecular flexibility index (Phi) is 7.13. The summed E-state index contributed by atoms with van der Waals surface area (Å²) in [5.41, 5.74) is 1.06. The molecule has 1 saturated carbocycles. The van der Waals surface area contributed by atoms with Gasteiger partial charge in [-0.15, -0.1) is 11.3 Å². The number of hydrogen-bond acceptors (Lipinski definition) is 4. The first-order chi connectivity index (χ1) is 15.4. The van der Waals surface area contributed by atoms with Gasteiger partial charge in [-0.2, -0.15) is 0 Å². The van der Waals surface area contributed by atoms with Crippen LogP contribution in [0.1, 0.15) is 49.6 Å². The van der Waals surface area contributed by atoms with E-state index in [9.17, 15) is 14.0 Å². The van der Waals surface area contributed by atoms with Gasteiger partial charge in [-0.3, -0.25) is 9.59 Å². The zero-order valence-corrected chi connectivity index (χ0v) is 19.6. The van der Waals surface area contributed by atoms with Gasteiger partial charge in [-0.25, -0.2) is 4.39 Å². The Balaban J connectivity index is 1.49. The summed E-state index contributed by atoms with van der Waals surface area (Å²) < 4.78 is 19.9. The van der Waals surface area contributed by atoms with Crippen LogP contribution in [0.25, 0.3) is 0 Å². The number of fused-ring (bicyclic) bond motifs is 1. The number of ether oxygens (including phenoxy) is 1. The molecule has 2 heterocycles. The van der Waals surface area contributed by atoms with Crippen molar-refractivity contribution < 1.29 is 18.7 Å². The van der Waals surface area contributed by atoms with Crippen LogP contribution in [0.2, 0.25) is 0 Å². The van der Waals surface area contributed by atoms with Crippen LogP contribution in [-0.2, 0) is 16.0 Å². The Morgan fingerprint density at radius 3 is 2.75 bits per heavy atom. The maximum absolute atomic E-state index is 14.1. The van der Waals surface area contributed by atoms with E-state index in [-0.39, 0.29) is 42.7 Å². The molecule has 0 spiro atoms. The van der Waals surface area contributed by atoms with Gasteiger partial charge >= 0.3 is 0 Å². The van der Waals surface area contributed by atoms with Crippen molar-refractivity contribution in [1.29, 1.82) is 0 Å². The molecule has 1 fully saturated rings. The Labute approximate surface area is 193 Å². The van der Waals surface area contributed by atoms with E-state index in [4.69, 9.17) is 4.74 Å². The van der Waals surface area contributed by atoms with Gasteiger partial charge in [0.1, 0.15) is 6.61 Å². The molecule has 172 valence electrons. The standard InChI is InChI=1S/C25H31FN2O3S/c1-17(2)9-12-27(25(30)18-7-8-18)15-24(29)28-13-10-23-19(11-14-32-23)21(28)16-31-22-6-4-3-5-20(22)26/h3-6,11,14,17-18,21H,7-10,12-13,15-16H2,1-2H3. The molecule has 1 aromatic carbocycles. The minimum absolute atomic E-state index is 0.0678. The van der Waals surface area contributed by atoms with Crippen molar-refractivity contribution in [3.05, 3.63) is 52.0 Å². The van der Waals surface area contributed by atoms with Gasteiger partial charge < -0.3 is 14.5 Å². The molecule has 1 aliphatic carbocycles. The molecular formula is C25H31FN2O3S. The fourth-order valence-electron chi connectivity index (χ4n) is 4.13. The molecular weight excluding hydrogens is 427 g/mol. The number of amides is 2. The topological polar surface area (TPSA) is 49.9 Å². The van der Waals surface area contributed by atoms with E-state index < -0.39 is 5.82 Å². The van der Waals surface area contributed by atoms with E-state index in [0.29, 0.717) is 19.0 Å². The molecule has 2 aliphatic rings. The summed E-state index contributed by atoms with van der Waals surface area (Å²) >= 11 is 1.68. The highest BCUT2D eigenvalue weighted by molar-refractivity contribution is 7.10. The minimum Gasteiger partial charge on any atom is -0.488 e. The van der Waals surface area contributed by atoms with E-state index in [2.05, 4.69) is 13.8 Å². The summed E-state index contributed by atoms with van der Waals surface area (Å²) in [6.45, 7) is 5.71. The van der Waals surface area contributed by atoms with Gasteiger partial charge in [-0.1, -0.05) is 26.0 Å². The van der Waals surface area contributed by atoms with Gasteiger partial charge in [0.15, 0.2) is 11.6 Å². The monoisotopic (exact) mass is 458 g/mol. The molecule has 1 unspecified atom stereocenters. The largest absolute Gasteiger partial charge is 0.488 e. The van der Waals surface area contributed by atoms with Gasteiger partial charge in [0.25, 0.3) is 0 Å². The maximum atomic E-state index is 14.1. The molecule has 4 rings (SSSR count). The highest BCUT2D eigenvalue weighted by atomic mass is 32.1. The number of halogens is 1. The summed E-state index contributed by atoms with van der Waals surface area (Å²) in [5.74, 6) is 0.351. The molecule has 2 amide bonds. The lowest BCUT2D eigenvalue weighted by Crippen LogP contribution is -2.48. The lowest BCUT2D eigenvalue weighted by atomic mass is 10.00. The van der Waals surface area contributed by atoms with Crippen molar-refractivity contribution in [2.75, 3.05) is 26.2 Å². The predicted octanol–water partition coefficient (Wildman–Crippen LogP) is 4.68. The number of carbonyl (C=O) groups is 2. The molecule has 1 atom stereocenters. The highest BCUT2D eigenvalue weighted by Crippen LogP contribution is 2.35. The van der Waals surface area contributed by atoms with Crippen LogP contribution >= 0.6 is 11.3 Å². The van der Waals surface area contributed by atoms with Crippen LogP contribution in [0.5, 0.6) is 5.75 Å². The zero-order chi connectivity index (χ0) is 22.7. The molecule has 0 bridgehead atoms. The van der Waals surface area contributed by atoms with Gasteiger partial charge in [0.2, 0.25) is 11.8 Å². The van der Waals surface area contributed by atoms with Crippen molar-refractivity contribution in [2.24, 2.45) is 11.8 Å². The van der Waals surface area contributed by atoms with Crippen molar-refractivity contribution in [3.8, 4) is 5.75 Å². The summed E-state index contributed by atoms with van der Waals surface area (Å²) in [7, 11) is 0. The third-order valence-corrected chi connectivity index (χ3v) is 7.19. The first-order valence-corrected chi connectivity index (χ1v) is 12.3. The van der Waals surface area contributed by atoms with Crippen LogP contribution in [0.3, 0.4) is 0 Å². The van der Waals surface area contributed by atoms with Crippen molar-refractivity contribution >= 4 is 23.2 Å². The second-order valence-electron chi connectivity index (χ2n) is 9.11. The Bertz CT molecular complexity index is 956. The Hall–Kier alpha value is -2.41. The molecule has 0 radical (unpaired) electrons. The van der Waals surface area contributed by atoms with E-state index >= 15 is 0 Å². The summed E-state index contributed by atoms with van der Waals surface area (Å²) in [5, 5.41) is 2.03. The number of para-hydroxylation sites is 1. The third kappa shape index (κ3) is 5.31. The minimum atomic E-state index is -0.415. The van der Waals surface area contributed by atoms with E-state index in [1.807, 2.05) is 16.3 Å². The number of rotatable bonds is 9.